The van der Waals surface area contributed by atoms with Gasteiger partial charge in [0.25, 0.3) is 0 Å². The van der Waals surface area contributed by atoms with Gasteiger partial charge in [0.1, 0.15) is 5.54 Å². The van der Waals surface area contributed by atoms with Crippen LogP contribution in [0.1, 0.15) is 28.3 Å². The number of carboxylic acid groups (broad SMARTS) is 1. The van der Waals surface area contributed by atoms with Crippen molar-refractivity contribution in [1.82, 2.24) is 15.6 Å². The largest absolute Gasteiger partial charge is 0.480 e. The molecule has 4 N–H and O–H groups in total. The fourth-order valence-electron chi connectivity index (χ4n) is 5.30. The number of aromatic amines is 1. The number of carboxylic acids is 1. The van der Waals surface area contributed by atoms with Crippen LogP contribution in [0.2, 0.25) is 0 Å². The van der Waals surface area contributed by atoms with Gasteiger partial charge in [0.15, 0.2) is 0 Å². The lowest BCUT2D eigenvalue weighted by Crippen LogP contribution is -2.57. The molecular formula is C24H23N3O4. The molecule has 7 nitrogen and oxygen atoms in total. The number of benzene rings is 2. The first kappa shape index (κ1) is 19.5. The van der Waals surface area contributed by atoms with Crippen LogP contribution in [-0.2, 0) is 20.8 Å². The number of aromatic nitrogens is 1. The lowest BCUT2D eigenvalue weighted by atomic mass is 9.76. The highest BCUT2D eigenvalue weighted by atomic mass is 16.4. The van der Waals surface area contributed by atoms with Crippen molar-refractivity contribution in [2.75, 3.05) is 0 Å². The molecule has 2 aliphatic heterocycles. The summed E-state index contributed by atoms with van der Waals surface area (Å²) in [6, 6.07) is 13.0. The monoisotopic (exact) mass is 417 g/mol. The third kappa shape index (κ3) is 2.80. The molecule has 2 amide bonds. The summed E-state index contributed by atoms with van der Waals surface area (Å²) >= 11 is 0. The Kier molecular flexibility index (Phi) is 4.27. The summed E-state index contributed by atoms with van der Waals surface area (Å²) in [4.78, 5) is 41.6. The minimum absolute atomic E-state index is 0.0789. The minimum Gasteiger partial charge on any atom is -0.480 e. The van der Waals surface area contributed by atoms with Crippen molar-refractivity contribution < 1.29 is 19.5 Å². The Balaban J connectivity index is 1.66. The van der Waals surface area contributed by atoms with Crippen molar-refractivity contribution in [1.29, 1.82) is 0 Å². The van der Waals surface area contributed by atoms with Crippen molar-refractivity contribution in [3.63, 3.8) is 0 Å². The molecule has 0 saturated carbocycles. The lowest BCUT2D eigenvalue weighted by Gasteiger charge is -2.30. The van der Waals surface area contributed by atoms with E-state index in [9.17, 15) is 19.5 Å². The van der Waals surface area contributed by atoms with Crippen LogP contribution >= 0.6 is 0 Å². The number of para-hydroxylation sites is 1. The lowest BCUT2D eigenvalue weighted by molar-refractivity contribution is -0.149. The maximum absolute atomic E-state index is 12.9. The van der Waals surface area contributed by atoms with E-state index in [1.54, 1.807) is 6.20 Å². The molecule has 2 aromatic carbocycles. The molecule has 31 heavy (non-hydrogen) atoms. The molecule has 4 atom stereocenters. The number of rotatable bonds is 4. The van der Waals surface area contributed by atoms with Crippen LogP contribution in [0.4, 0.5) is 0 Å². The zero-order chi connectivity index (χ0) is 21.9. The number of aliphatic carboxylic acids is 1. The number of hydrogen-bond donors (Lipinski definition) is 4. The van der Waals surface area contributed by atoms with E-state index in [4.69, 9.17) is 0 Å². The molecule has 5 rings (SSSR count). The van der Waals surface area contributed by atoms with Crippen molar-refractivity contribution >= 4 is 28.7 Å². The molecule has 0 radical (unpaired) electrons. The summed E-state index contributed by atoms with van der Waals surface area (Å²) in [6.07, 6.45) is 1.86. The highest BCUT2D eigenvalue weighted by Crippen LogP contribution is 2.48. The van der Waals surface area contributed by atoms with E-state index in [1.807, 2.05) is 56.3 Å². The second-order valence-corrected chi connectivity index (χ2v) is 8.65. The Bertz CT molecular complexity index is 1250. The number of carbonyl (C=O) groups is 3. The summed E-state index contributed by atoms with van der Waals surface area (Å²) < 4.78 is 0. The summed E-state index contributed by atoms with van der Waals surface area (Å²) in [7, 11) is 0. The number of H-pyrrole nitrogens is 1. The predicted molar refractivity (Wildman–Crippen MR) is 114 cm³/mol. The quantitative estimate of drug-likeness (QED) is 0.487. The van der Waals surface area contributed by atoms with Crippen LogP contribution in [0.3, 0.4) is 0 Å². The Labute approximate surface area is 178 Å². The van der Waals surface area contributed by atoms with Crippen LogP contribution in [0.15, 0.2) is 48.7 Å². The minimum atomic E-state index is -1.60. The van der Waals surface area contributed by atoms with Crippen molar-refractivity contribution in [2.45, 2.75) is 31.8 Å². The highest BCUT2D eigenvalue weighted by molar-refractivity contribution is 6.09. The van der Waals surface area contributed by atoms with Gasteiger partial charge >= 0.3 is 5.97 Å². The predicted octanol–water partition coefficient (Wildman–Crippen LogP) is 2.38. The molecule has 0 spiro atoms. The van der Waals surface area contributed by atoms with E-state index in [0.29, 0.717) is 0 Å². The first-order valence-electron chi connectivity index (χ1n) is 10.3. The van der Waals surface area contributed by atoms with Gasteiger partial charge in [0.2, 0.25) is 11.8 Å². The van der Waals surface area contributed by atoms with Crippen LogP contribution < -0.4 is 10.6 Å². The van der Waals surface area contributed by atoms with Gasteiger partial charge in [-0.25, -0.2) is 0 Å². The number of nitrogens with one attached hydrogen (secondary N) is 3. The van der Waals surface area contributed by atoms with E-state index in [2.05, 4.69) is 15.6 Å². The van der Waals surface area contributed by atoms with Gasteiger partial charge in [-0.15, -0.1) is 0 Å². The van der Waals surface area contributed by atoms with Crippen molar-refractivity contribution in [3.8, 4) is 0 Å². The maximum atomic E-state index is 12.9. The van der Waals surface area contributed by atoms with Gasteiger partial charge < -0.3 is 10.1 Å². The smallest absolute Gasteiger partial charge is 0.325 e. The second-order valence-electron chi connectivity index (χ2n) is 8.65. The maximum Gasteiger partial charge on any atom is 0.325 e. The Morgan fingerprint density at radius 2 is 1.87 bits per heavy atom. The second kappa shape index (κ2) is 6.78. The Hall–Kier alpha value is -3.45. The zero-order valence-electron chi connectivity index (χ0n) is 17.2. The summed E-state index contributed by atoms with van der Waals surface area (Å²) in [5.74, 6) is -3.87. The van der Waals surface area contributed by atoms with Gasteiger partial charge in [-0.2, -0.15) is 0 Å². The molecule has 0 aliphatic carbocycles. The number of carbonyl (C=O) groups excluding carboxylic acids is 2. The summed E-state index contributed by atoms with van der Waals surface area (Å²) in [6.45, 7) is 3.88. The third-order valence-electron chi connectivity index (χ3n) is 6.79. The topological polar surface area (TPSA) is 111 Å². The van der Waals surface area contributed by atoms with Gasteiger partial charge in [-0.3, -0.25) is 25.0 Å². The first-order valence-corrected chi connectivity index (χ1v) is 10.3. The number of amides is 2. The number of hydrogen-bond acceptors (Lipinski definition) is 4. The molecule has 3 aromatic rings. The summed E-state index contributed by atoms with van der Waals surface area (Å²) in [5, 5.41) is 17.0. The number of imide groups is 1. The van der Waals surface area contributed by atoms with E-state index < -0.39 is 41.2 Å². The SMILES string of the molecule is Cc1ccc(C)c(C2NC(Cc3c[nH]c4ccccc34)(C(=O)O)C3C(=O)NC(=O)C23)c1. The fourth-order valence-corrected chi connectivity index (χ4v) is 5.30. The van der Waals surface area contributed by atoms with Crippen LogP contribution in [0.25, 0.3) is 10.9 Å². The average molecular weight is 417 g/mol. The van der Waals surface area contributed by atoms with Crippen molar-refractivity contribution in [3.05, 3.63) is 70.9 Å². The van der Waals surface area contributed by atoms with Gasteiger partial charge in [-0.1, -0.05) is 42.0 Å². The van der Waals surface area contributed by atoms with E-state index in [1.165, 1.54) is 0 Å². The molecule has 4 unspecified atom stereocenters. The van der Waals surface area contributed by atoms with E-state index in [0.717, 1.165) is 33.2 Å². The Morgan fingerprint density at radius 1 is 1.10 bits per heavy atom. The molecule has 2 saturated heterocycles. The van der Waals surface area contributed by atoms with E-state index in [-0.39, 0.29) is 6.42 Å². The molecule has 1 aromatic heterocycles. The molecule has 0 bridgehead atoms. The number of fused-ring (bicyclic) bond motifs is 2. The van der Waals surface area contributed by atoms with Crippen LogP contribution in [-0.4, -0.2) is 33.4 Å². The van der Waals surface area contributed by atoms with Crippen LogP contribution in [0.5, 0.6) is 0 Å². The summed E-state index contributed by atoms with van der Waals surface area (Å²) in [5.41, 5.74) is 2.88. The molecule has 158 valence electrons. The third-order valence-corrected chi connectivity index (χ3v) is 6.79. The molecule has 3 heterocycles. The normalized spacial score (nSPS) is 27.5. The van der Waals surface area contributed by atoms with Gasteiger partial charge in [0.05, 0.1) is 11.8 Å². The highest BCUT2D eigenvalue weighted by Gasteiger charge is 2.66. The van der Waals surface area contributed by atoms with Gasteiger partial charge in [-0.05, 0) is 36.6 Å². The Morgan fingerprint density at radius 3 is 2.65 bits per heavy atom. The average Bonchev–Trinajstić information content (AvgIpc) is 3.38. The van der Waals surface area contributed by atoms with E-state index >= 15 is 0 Å². The molecular weight excluding hydrogens is 394 g/mol. The number of aryl methyl sites for hydroxylation is 2. The fraction of sp³-hybridized carbons (Fsp3) is 0.292. The van der Waals surface area contributed by atoms with Crippen LogP contribution in [0, 0.1) is 25.7 Å². The standard InChI is InChI=1S/C24H23N3O4/c1-12-7-8-13(2)16(9-12)20-18-19(22(29)26-21(18)28)24(27-20,23(30)31)10-14-11-25-17-6-4-3-5-15(14)17/h3-9,11,18-20,25,27H,10H2,1-2H3,(H,30,31)(H,26,28,29). The zero-order valence-corrected chi connectivity index (χ0v) is 17.2. The molecule has 2 fully saturated rings. The molecule has 2 aliphatic rings. The van der Waals surface area contributed by atoms with Gasteiger partial charge in [0, 0.05) is 29.6 Å². The first-order chi connectivity index (χ1) is 14.8. The van der Waals surface area contributed by atoms with Crippen molar-refractivity contribution in [2.24, 2.45) is 11.8 Å². The molecule has 7 heteroatoms.